The molecule has 212 valence electrons. The van der Waals surface area contributed by atoms with Gasteiger partial charge < -0.3 is 25.8 Å². The summed E-state index contributed by atoms with van der Waals surface area (Å²) in [7, 11) is 0. The smallest absolute Gasteiger partial charge is 0.267 e. The number of anilines is 1. The minimum Gasteiger partial charge on any atom is -0.364 e. The van der Waals surface area contributed by atoms with Crippen molar-refractivity contribution in [1.82, 2.24) is 20.1 Å². The van der Waals surface area contributed by atoms with E-state index in [9.17, 15) is 19.2 Å². The summed E-state index contributed by atoms with van der Waals surface area (Å²) in [6, 6.07) is 13.4. The van der Waals surface area contributed by atoms with E-state index in [1.54, 1.807) is 17.0 Å². The number of hydrogen-bond acceptors (Lipinski definition) is 6. The fourth-order valence-electron chi connectivity index (χ4n) is 6.32. The van der Waals surface area contributed by atoms with E-state index in [0.29, 0.717) is 45.4 Å². The maximum atomic E-state index is 13.9. The Kier molecular flexibility index (Phi) is 8.32. The number of amides is 4. The number of aryl methyl sites for hydroxylation is 1. The Morgan fingerprint density at radius 3 is 2.45 bits per heavy atom. The molecule has 0 atom stereocenters. The van der Waals surface area contributed by atoms with Gasteiger partial charge in [-0.1, -0.05) is 37.5 Å². The molecular formula is C30H38N6O4. The van der Waals surface area contributed by atoms with Gasteiger partial charge in [-0.25, -0.2) is 0 Å². The second kappa shape index (κ2) is 12.1. The van der Waals surface area contributed by atoms with Gasteiger partial charge in [-0.15, -0.1) is 0 Å². The van der Waals surface area contributed by atoms with Crippen LogP contribution in [0, 0.1) is 0 Å². The Labute approximate surface area is 234 Å². The Morgan fingerprint density at radius 2 is 1.75 bits per heavy atom. The molecule has 3 N–H and O–H groups in total. The number of pyridine rings is 1. The molecule has 3 heterocycles. The Hall–Kier alpha value is -3.95. The first-order valence-electron chi connectivity index (χ1n) is 14.3. The summed E-state index contributed by atoms with van der Waals surface area (Å²) < 4.78 is 0. The summed E-state index contributed by atoms with van der Waals surface area (Å²) in [5.41, 5.74) is 6.48. The molecule has 1 spiro atoms. The van der Waals surface area contributed by atoms with E-state index < -0.39 is 11.4 Å². The first kappa shape index (κ1) is 27.6. The zero-order valence-corrected chi connectivity index (χ0v) is 22.9. The number of carbonyl (C=O) groups excluding carboxylic acids is 4. The maximum absolute atomic E-state index is 13.9. The molecule has 0 bridgehead atoms. The quantitative estimate of drug-likeness (QED) is 0.523. The van der Waals surface area contributed by atoms with Crippen LogP contribution in [0.4, 0.5) is 5.69 Å². The van der Waals surface area contributed by atoms with Crippen LogP contribution in [0.15, 0.2) is 48.7 Å². The van der Waals surface area contributed by atoms with Crippen LogP contribution < -0.4 is 16.0 Å². The lowest BCUT2D eigenvalue weighted by Crippen LogP contribution is -2.57. The number of primary amides is 1. The molecule has 1 saturated carbocycles. The average Bonchev–Trinajstić information content (AvgIpc) is 3.23. The van der Waals surface area contributed by atoms with Crippen LogP contribution >= 0.6 is 0 Å². The summed E-state index contributed by atoms with van der Waals surface area (Å²) in [5.74, 6) is -0.738. The van der Waals surface area contributed by atoms with Gasteiger partial charge >= 0.3 is 0 Å². The molecule has 3 fully saturated rings. The van der Waals surface area contributed by atoms with Gasteiger partial charge in [0.2, 0.25) is 11.8 Å². The molecule has 10 nitrogen and oxygen atoms in total. The molecule has 1 aromatic carbocycles. The largest absolute Gasteiger partial charge is 0.364 e. The third-order valence-corrected chi connectivity index (χ3v) is 8.53. The minimum absolute atomic E-state index is 0.00714. The predicted octanol–water partition coefficient (Wildman–Crippen LogP) is 2.23. The number of carbonyl (C=O) groups is 4. The maximum Gasteiger partial charge on any atom is 0.267 e. The number of nitrogens with two attached hydrogens (primary N) is 1. The molecule has 5 rings (SSSR count). The standard InChI is InChI=1S/C30H38N6O4/c31-28(39)25-19-22(13-16-32-25)11-12-27(38)34-17-14-30(15-18-34)29(40)35(21-36(30)24-9-5-2-6-10-24)20-26(37)33-23-7-3-1-4-8-23/h2,5-6,9-10,13,16,19,23H,1,3-4,7-8,11-12,14-15,17-18,20-21H2,(H2,31,39)(H,33,37). The van der Waals surface area contributed by atoms with Crippen molar-refractivity contribution < 1.29 is 19.2 Å². The molecule has 40 heavy (non-hydrogen) atoms. The summed E-state index contributed by atoms with van der Waals surface area (Å²) in [5, 5.41) is 3.14. The number of nitrogens with zero attached hydrogens (tertiary/aromatic N) is 4. The fourth-order valence-corrected chi connectivity index (χ4v) is 6.32. The van der Waals surface area contributed by atoms with E-state index >= 15 is 0 Å². The monoisotopic (exact) mass is 546 g/mol. The van der Waals surface area contributed by atoms with E-state index in [1.165, 1.54) is 12.6 Å². The zero-order chi connectivity index (χ0) is 28.1. The first-order chi connectivity index (χ1) is 19.4. The minimum atomic E-state index is -0.787. The van der Waals surface area contributed by atoms with E-state index in [4.69, 9.17) is 5.73 Å². The van der Waals surface area contributed by atoms with Gasteiger partial charge in [-0.05, 0) is 61.9 Å². The highest BCUT2D eigenvalue weighted by Crippen LogP contribution is 2.39. The Balaban J connectivity index is 1.23. The highest BCUT2D eigenvalue weighted by molar-refractivity contribution is 5.96. The second-order valence-corrected chi connectivity index (χ2v) is 11.1. The number of likely N-dealkylation sites (tertiary alicyclic amines) is 1. The number of nitrogens with one attached hydrogen (secondary N) is 1. The highest BCUT2D eigenvalue weighted by atomic mass is 16.2. The van der Waals surface area contributed by atoms with Crippen LogP contribution in [0.2, 0.25) is 0 Å². The van der Waals surface area contributed by atoms with Crippen molar-refractivity contribution in [2.24, 2.45) is 5.73 Å². The predicted molar refractivity (Wildman–Crippen MR) is 150 cm³/mol. The number of rotatable bonds is 8. The van der Waals surface area contributed by atoms with Gasteiger partial charge in [0.15, 0.2) is 0 Å². The van der Waals surface area contributed by atoms with Crippen molar-refractivity contribution in [2.45, 2.75) is 69.4 Å². The van der Waals surface area contributed by atoms with E-state index in [-0.39, 0.29) is 36.0 Å². The summed E-state index contributed by atoms with van der Waals surface area (Å²) in [6.45, 7) is 1.30. The SMILES string of the molecule is NC(=O)c1cc(CCC(=O)N2CCC3(CC2)C(=O)N(CC(=O)NC2CCCCC2)CN3c2ccccc2)ccn1. The van der Waals surface area contributed by atoms with Crippen LogP contribution in [0.3, 0.4) is 0 Å². The lowest BCUT2D eigenvalue weighted by atomic mass is 9.85. The average molecular weight is 547 g/mol. The number of hydrogen-bond donors (Lipinski definition) is 2. The topological polar surface area (TPSA) is 129 Å². The van der Waals surface area contributed by atoms with Crippen molar-refractivity contribution in [1.29, 1.82) is 0 Å². The molecule has 0 unspecified atom stereocenters. The van der Waals surface area contributed by atoms with E-state index in [2.05, 4.69) is 15.2 Å². The van der Waals surface area contributed by atoms with Crippen LogP contribution in [0.1, 0.15) is 67.4 Å². The van der Waals surface area contributed by atoms with E-state index in [1.807, 2.05) is 35.2 Å². The third kappa shape index (κ3) is 5.95. The second-order valence-electron chi connectivity index (χ2n) is 11.1. The number of benzene rings is 1. The van der Waals surface area contributed by atoms with Crippen molar-refractivity contribution >= 4 is 29.3 Å². The highest BCUT2D eigenvalue weighted by Gasteiger charge is 2.54. The molecule has 4 amide bonds. The van der Waals surface area contributed by atoms with Gasteiger partial charge in [0.25, 0.3) is 11.8 Å². The van der Waals surface area contributed by atoms with Gasteiger partial charge in [-0.2, -0.15) is 0 Å². The molecule has 10 heteroatoms. The van der Waals surface area contributed by atoms with Gasteiger partial charge in [-0.3, -0.25) is 24.2 Å². The molecular weight excluding hydrogens is 508 g/mol. The van der Waals surface area contributed by atoms with Crippen molar-refractivity contribution in [3.05, 3.63) is 59.9 Å². The number of piperidine rings is 1. The summed E-state index contributed by atoms with van der Waals surface area (Å²) >= 11 is 0. The Morgan fingerprint density at radius 1 is 1.02 bits per heavy atom. The summed E-state index contributed by atoms with van der Waals surface area (Å²) in [6.07, 6.45) is 8.74. The van der Waals surface area contributed by atoms with Gasteiger partial charge in [0.1, 0.15) is 17.8 Å². The lowest BCUT2D eigenvalue weighted by Gasteiger charge is -2.43. The van der Waals surface area contributed by atoms with Crippen molar-refractivity contribution in [3.63, 3.8) is 0 Å². The molecule has 1 aliphatic carbocycles. The fraction of sp³-hybridized carbons (Fsp3) is 0.500. The lowest BCUT2D eigenvalue weighted by molar-refractivity contribution is -0.140. The molecule has 2 saturated heterocycles. The number of para-hydroxylation sites is 1. The van der Waals surface area contributed by atoms with Crippen LogP contribution in [-0.4, -0.2) is 76.3 Å². The first-order valence-corrected chi connectivity index (χ1v) is 14.3. The number of aromatic nitrogens is 1. The normalized spacial score (nSPS) is 19.2. The molecule has 0 radical (unpaired) electrons. The zero-order valence-electron chi connectivity index (χ0n) is 22.9. The molecule has 3 aliphatic rings. The van der Waals surface area contributed by atoms with Crippen LogP contribution in [0.25, 0.3) is 0 Å². The van der Waals surface area contributed by atoms with Crippen molar-refractivity contribution in [3.8, 4) is 0 Å². The van der Waals surface area contributed by atoms with Gasteiger partial charge in [0, 0.05) is 37.4 Å². The van der Waals surface area contributed by atoms with Gasteiger partial charge in [0.05, 0.1) is 6.67 Å². The Bertz CT molecular complexity index is 1240. The third-order valence-electron chi connectivity index (χ3n) is 8.53. The van der Waals surface area contributed by atoms with Crippen LogP contribution in [-0.2, 0) is 20.8 Å². The van der Waals surface area contributed by atoms with E-state index in [0.717, 1.165) is 36.9 Å². The van der Waals surface area contributed by atoms with Crippen LogP contribution in [0.5, 0.6) is 0 Å². The summed E-state index contributed by atoms with van der Waals surface area (Å²) in [4.78, 5) is 60.9. The molecule has 1 aromatic heterocycles. The molecule has 2 aliphatic heterocycles. The van der Waals surface area contributed by atoms with Crippen molar-refractivity contribution in [2.75, 3.05) is 31.2 Å². The molecule has 2 aromatic rings.